The molecule has 0 bridgehead atoms. The van der Waals surface area contributed by atoms with Crippen molar-refractivity contribution in [3.8, 4) is 0 Å². The largest absolute Gasteiger partial charge is 0.288 e. The molecule has 0 fully saturated rings. The number of halogens is 1. The summed E-state index contributed by atoms with van der Waals surface area (Å²) in [5, 5.41) is 4.73. The zero-order valence-electron chi connectivity index (χ0n) is 9.77. The Balaban J connectivity index is 2.47. The average molecular weight is 249 g/mol. The minimum Gasteiger partial charge on any atom is -0.288 e. The molecule has 1 aromatic heterocycles. The minimum absolute atomic E-state index is 0.0689. The molecule has 2 aromatic rings. The van der Waals surface area contributed by atoms with E-state index >= 15 is 0 Å². The van der Waals surface area contributed by atoms with Crippen LogP contribution in [0.3, 0.4) is 0 Å². The summed E-state index contributed by atoms with van der Waals surface area (Å²) in [6.45, 7) is 1.98. The highest BCUT2D eigenvalue weighted by Gasteiger charge is 2.17. The predicted octanol–water partition coefficient (Wildman–Crippen LogP) is 2.87. The summed E-state index contributed by atoms with van der Waals surface area (Å²) in [6.07, 6.45) is 2.47. The van der Waals surface area contributed by atoms with Gasteiger partial charge in [-0.1, -0.05) is 30.7 Å². The van der Waals surface area contributed by atoms with Crippen molar-refractivity contribution in [3.05, 3.63) is 52.3 Å². The van der Waals surface area contributed by atoms with Gasteiger partial charge in [-0.05, 0) is 18.6 Å². The fourth-order valence-corrected chi connectivity index (χ4v) is 2.00. The van der Waals surface area contributed by atoms with Crippen molar-refractivity contribution in [1.29, 1.82) is 0 Å². The highest BCUT2D eigenvalue weighted by molar-refractivity contribution is 6.35. The topological polar surface area (TPSA) is 34.9 Å². The van der Waals surface area contributed by atoms with Crippen molar-refractivity contribution in [3.63, 3.8) is 0 Å². The number of rotatable bonds is 3. The van der Waals surface area contributed by atoms with Crippen LogP contribution in [0.15, 0.2) is 30.5 Å². The smallest absolute Gasteiger partial charge is 0.197 e. The van der Waals surface area contributed by atoms with Gasteiger partial charge in [0.25, 0.3) is 0 Å². The summed E-state index contributed by atoms with van der Waals surface area (Å²) >= 11 is 6.02. The quantitative estimate of drug-likeness (QED) is 0.783. The Hall–Kier alpha value is -1.61. The first-order chi connectivity index (χ1) is 8.13. The number of benzene rings is 1. The van der Waals surface area contributed by atoms with Gasteiger partial charge >= 0.3 is 0 Å². The Kier molecular flexibility index (Phi) is 3.29. The molecule has 2 rings (SSSR count). The predicted molar refractivity (Wildman–Crippen MR) is 67.5 cm³/mol. The van der Waals surface area contributed by atoms with E-state index in [1.807, 2.05) is 20.0 Å². The third kappa shape index (κ3) is 2.24. The van der Waals surface area contributed by atoms with Crippen LogP contribution in [0.2, 0.25) is 5.02 Å². The third-order valence-corrected chi connectivity index (χ3v) is 2.93. The zero-order valence-corrected chi connectivity index (χ0v) is 10.5. The third-order valence-electron chi connectivity index (χ3n) is 2.60. The molecule has 0 N–H and O–H groups in total. The molecule has 0 saturated heterocycles. The van der Waals surface area contributed by atoms with Gasteiger partial charge in [0.1, 0.15) is 0 Å². The first-order valence-corrected chi connectivity index (χ1v) is 5.83. The molecule has 0 amide bonds. The molecule has 0 radical (unpaired) electrons. The molecule has 0 aliphatic carbocycles. The molecule has 17 heavy (non-hydrogen) atoms. The molecule has 1 aromatic carbocycles. The number of hydrogen-bond acceptors (Lipinski definition) is 2. The van der Waals surface area contributed by atoms with Gasteiger partial charge in [-0.2, -0.15) is 5.10 Å². The summed E-state index contributed by atoms with van der Waals surface area (Å²) in [4.78, 5) is 12.3. The number of carbonyl (C=O) groups is 1. The molecule has 4 heteroatoms. The Labute approximate surface area is 105 Å². The van der Waals surface area contributed by atoms with Crippen LogP contribution in [0.1, 0.15) is 28.5 Å². The van der Waals surface area contributed by atoms with Crippen molar-refractivity contribution >= 4 is 17.4 Å². The number of hydrogen-bond donors (Lipinski definition) is 0. The monoisotopic (exact) mass is 248 g/mol. The number of carbonyl (C=O) groups excluding carboxylic acids is 1. The average Bonchev–Trinajstić information content (AvgIpc) is 2.70. The van der Waals surface area contributed by atoms with Crippen LogP contribution < -0.4 is 0 Å². The SMILES string of the molecule is CCc1nn(C)cc1C(=O)c1ccccc1Cl. The Morgan fingerprint density at radius 2 is 2.06 bits per heavy atom. The molecule has 0 unspecified atom stereocenters. The standard InChI is InChI=1S/C13H13ClN2O/c1-3-12-10(8-16(2)15-12)13(17)9-6-4-5-7-11(9)14/h4-8H,3H2,1-2H3. The van der Waals surface area contributed by atoms with Crippen molar-refractivity contribution in [1.82, 2.24) is 9.78 Å². The van der Waals surface area contributed by atoms with Crippen LogP contribution >= 0.6 is 11.6 Å². The van der Waals surface area contributed by atoms with Crippen LogP contribution in [0, 0.1) is 0 Å². The second-order valence-corrected chi connectivity index (χ2v) is 4.23. The first-order valence-electron chi connectivity index (χ1n) is 5.45. The number of nitrogens with zero attached hydrogens (tertiary/aromatic N) is 2. The normalized spacial score (nSPS) is 10.5. The van der Waals surface area contributed by atoms with Crippen molar-refractivity contribution < 1.29 is 4.79 Å². The van der Waals surface area contributed by atoms with E-state index in [1.54, 1.807) is 29.1 Å². The van der Waals surface area contributed by atoms with Crippen LogP contribution in [-0.2, 0) is 13.5 Å². The van der Waals surface area contributed by atoms with Gasteiger partial charge in [0.2, 0.25) is 0 Å². The second kappa shape index (κ2) is 4.72. The maximum Gasteiger partial charge on any atom is 0.197 e. The Morgan fingerprint density at radius 3 is 2.71 bits per heavy atom. The molecule has 0 aliphatic heterocycles. The van der Waals surface area contributed by atoms with Crippen LogP contribution in [0.5, 0.6) is 0 Å². The van der Waals surface area contributed by atoms with E-state index in [0.717, 1.165) is 12.1 Å². The summed E-state index contributed by atoms with van der Waals surface area (Å²) in [6, 6.07) is 7.07. The maximum absolute atomic E-state index is 12.3. The van der Waals surface area contributed by atoms with Gasteiger partial charge in [0, 0.05) is 18.8 Å². The maximum atomic E-state index is 12.3. The first kappa shape index (κ1) is 11.9. The van der Waals surface area contributed by atoms with Crippen molar-refractivity contribution in [2.75, 3.05) is 0 Å². The summed E-state index contributed by atoms with van der Waals surface area (Å²) in [7, 11) is 1.81. The highest BCUT2D eigenvalue weighted by Crippen LogP contribution is 2.20. The van der Waals surface area contributed by atoms with Gasteiger partial charge in [-0.25, -0.2) is 0 Å². The van der Waals surface area contributed by atoms with Crippen LogP contribution in [0.25, 0.3) is 0 Å². The van der Waals surface area contributed by atoms with Gasteiger partial charge in [-0.15, -0.1) is 0 Å². The fourth-order valence-electron chi connectivity index (χ4n) is 1.78. The molecule has 0 saturated carbocycles. The minimum atomic E-state index is -0.0689. The molecular weight excluding hydrogens is 236 g/mol. The van der Waals surface area contributed by atoms with E-state index in [1.165, 1.54) is 0 Å². The van der Waals surface area contributed by atoms with E-state index in [0.29, 0.717) is 16.1 Å². The lowest BCUT2D eigenvalue weighted by Gasteiger charge is -2.02. The van der Waals surface area contributed by atoms with Gasteiger partial charge in [-0.3, -0.25) is 9.48 Å². The number of ketones is 1. The second-order valence-electron chi connectivity index (χ2n) is 3.83. The van der Waals surface area contributed by atoms with Gasteiger partial charge in [0.15, 0.2) is 5.78 Å². The molecule has 3 nitrogen and oxygen atoms in total. The summed E-state index contributed by atoms with van der Waals surface area (Å²) in [5.41, 5.74) is 1.96. The van der Waals surface area contributed by atoms with Gasteiger partial charge < -0.3 is 0 Å². The Bertz CT molecular complexity index is 560. The van der Waals surface area contributed by atoms with Crippen LogP contribution in [-0.4, -0.2) is 15.6 Å². The number of aryl methyl sites for hydroxylation is 2. The molecule has 0 spiro atoms. The zero-order chi connectivity index (χ0) is 12.4. The lowest BCUT2D eigenvalue weighted by atomic mass is 10.0. The van der Waals surface area contributed by atoms with Crippen molar-refractivity contribution in [2.24, 2.45) is 7.05 Å². The van der Waals surface area contributed by atoms with Gasteiger partial charge in [0.05, 0.1) is 16.3 Å². The highest BCUT2D eigenvalue weighted by atomic mass is 35.5. The van der Waals surface area contributed by atoms with E-state index in [9.17, 15) is 4.79 Å². The molecule has 0 atom stereocenters. The lowest BCUT2D eigenvalue weighted by molar-refractivity contribution is 0.103. The summed E-state index contributed by atoms with van der Waals surface area (Å²) < 4.78 is 1.66. The summed E-state index contributed by atoms with van der Waals surface area (Å²) in [5.74, 6) is -0.0689. The molecule has 88 valence electrons. The Morgan fingerprint density at radius 1 is 1.35 bits per heavy atom. The number of aromatic nitrogens is 2. The van der Waals surface area contributed by atoms with E-state index < -0.39 is 0 Å². The molecule has 0 aliphatic rings. The molecule has 1 heterocycles. The van der Waals surface area contributed by atoms with E-state index in [-0.39, 0.29) is 5.78 Å². The molecular formula is C13H13ClN2O. The fraction of sp³-hybridized carbons (Fsp3) is 0.231. The van der Waals surface area contributed by atoms with Crippen LogP contribution in [0.4, 0.5) is 0 Å². The van der Waals surface area contributed by atoms with Crippen molar-refractivity contribution in [2.45, 2.75) is 13.3 Å². The van der Waals surface area contributed by atoms with E-state index in [4.69, 9.17) is 11.6 Å². The van der Waals surface area contributed by atoms with E-state index in [2.05, 4.69) is 5.10 Å². The lowest BCUT2D eigenvalue weighted by Crippen LogP contribution is -2.03.